The summed E-state index contributed by atoms with van der Waals surface area (Å²) in [7, 11) is 1.56. The Morgan fingerprint density at radius 1 is 1.00 bits per heavy atom. The third-order valence-electron chi connectivity index (χ3n) is 5.72. The molecule has 8 nitrogen and oxygen atoms in total. The van der Waals surface area contributed by atoms with Gasteiger partial charge in [0.05, 0.1) is 29.7 Å². The zero-order chi connectivity index (χ0) is 25.1. The molecule has 0 radical (unpaired) electrons. The van der Waals surface area contributed by atoms with Crippen LogP contribution in [0.2, 0.25) is 0 Å². The SMILES string of the molecule is COc1cccc(COc2nc(C)n(-c3cc(-c4ccnc(C(C)C)n4)ccc3C)c(=O)c2C)n1. The van der Waals surface area contributed by atoms with Gasteiger partial charge in [0.15, 0.2) is 0 Å². The van der Waals surface area contributed by atoms with Crippen LogP contribution in [0.3, 0.4) is 0 Å². The lowest BCUT2D eigenvalue weighted by atomic mass is 10.1. The number of benzene rings is 1. The first kappa shape index (κ1) is 24.1. The number of methoxy groups -OCH3 is 1. The molecule has 0 aliphatic carbocycles. The summed E-state index contributed by atoms with van der Waals surface area (Å²) in [5.41, 5.74) is 4.35. The molecule has 0 saturated carbocycles. The third-order valence-corrected chi connectivity index (χ3v) is 5.72. The van der Waals surface area contributed by atoms with E-state index in [2.05, 4.69) is 28.8 Å². The van der Waals surface area contributed by atoms with Gasteiger partial charge in [-0.3, -0.25) is 9.36 Å². The molecule has 8 heteroatoms. The summed E-state index contributed by atoms with van der Waals surface area (Å²) in [6.07, 6.45) is 1.77. The van der Waals surface area contributed by atoms with E-state index in [-0.39, 0.29) is 18.1 Å². The molecular weight excluding hydrogens is 442 g/mol. The number of ether oxygens (including phenoxy) is 2. The van der Waals surface area contributed by atoms with Crippen LogP contribution < -0.4 is 15.0 Å². The average molecular weight is 472 g/mol. The van der Waals surface area contributed by atoms with Crippen molar-refractivity contribution in [3.05, 3.63) is 87.5 Å². The largest absolute Gasteiger partial charge is 0.481 e. The molecule has 35 heavy (non-hydrogen) atoms. The van der Waals surface area contributed by atoms with Crippen molar-refractivity contribution in [2.24, 2.45) is 0 Å². The summed E-state index contributed by atoms with van der Waals surface area (Å²) < 4.78 is 12.7. The molecule has 0 unspecified atom stereocenters. The van der Waals surface area contributed by atoms with Crippen LogP contribution in [0.1, 0.15) is 48.2 Å². The Kier molecular flexibility index (Phi) is 6.91. The number of rotatable bonds is 7. The number of pyridine rings is 1. The highest BCUT2D eigenvalue weighted by Gasteiger charge is 2.17. The molecule has 4 rings (SSSR count). The van der Waals surface area contributed by atoms with Gasteiger partial charge in [0, 0.05) is 23.7 Å². The molecular formula is C27H29N5O3. The van der Waals surface area contributed by atoms with Crippen molar-refractivity contribution >= 4 is 0 Å². The van der Waals surface area contributed by atoms with Crippen molar-refractivity contribution in [3.63, 3.8) is 0 Å². The Hall–Kier alpha value is -4.07. The van der Waals surface area contributed by atoms with Gasteiger partial charge in [-0.2, -0.15) is 4.98 Å². The molecule has 0 saturated heterocycles. The lowest BCUT2D eigenvalue weighted by Crippen LogP contribution is -2.26. The van der Waals surface area contributed by atoms with E-state index in [4.69, 9.17) is 14.5 Å². The number of aryl methyl sites for hydroxylation is 2. The monoisotopic (exact) mass is 471 g/mol. The Morgan fingerprint density at radius 2 is 1.80 bits per heavy atom. The third kappa shape index (κ3) is 5.06. The molecule has 0 atom stereocenters. The number of nitrogens with zero attached hydrogens (tertiary/aromatic N) is 5. The van der Waals surface area contributed by atoms with Crippen LogP contribution in [0.25, 0.3) is 16.9 Å². The van der Waals surface area contributed by atoms with Crippen molar-refractivity contribution in [2.45, 2.75) is 47.1 Å². The maximum atomic E-state index is 13.4. The van der Waals surface area contributed by atoms with Crippen LogP contribution in [0.5, 0.6) is 11.8 Å². The molecule has 0 aliphatic rings. The second-order valence-corrected chi connectivity index (χ2v) is 8.65. The van der Waals surface area contributed by atoms with Crippen LogP contribution in [-0.2, 0) is 6.61 Å². The second kappa shape index (κ2) is 10.0. The van der Waals surface area contributed by atoms with Gasteiger partial charge < -0.3 is 9.47 Å². The van der Waals surface area contributed by atoms with Gasteiger partial charge in [-0.1, -0.05) is 32.0 Å². The lowest BCUT2D eigenvalue weighted by Gasteiger charge is -2.17. The fourth-order valence-corrected chi connectivity index (χ4v) is 3.73. The van der Waals surface area contributed by atoms with E-state index in [1.165, 1.54) is 0 Å². The molecule has 0 spiro atoms. The molecule has 0 amide bonds. The molecule has 180 valence electrons. The van der Waals surface area contributed by atoms with E-state index in [0.29, 0.717) is 28.8 Å². The molecule has 0 bridgehead atoms. The topological polar surface area (TPSA) is 92.0 Å². The van der Waals surface area contributed by atoms with E-state index in [1.54, 1.807) is 37.8 Å². The van der Waals surface area contributed by atoms with Crippen molar-refractivity contribution in [1.82, 2.24) is 24.5 Å². The normalized spacial score (nSPS) is 11.1. The molecule has 1 aromatic carbocycles. The zero-order valence-electron chi connectivity index (χ0n) is 20.9. The van der Waals surface area contributed by atoms with Gasteiger partial charge in [0.2, 0.25) is 11.8 Å². The lowest BCUT2D eigenvalue weighted by molar-refractivity contribution is 0.282. The minimum atomic E-state index is -0.183. The highest BCUT2D eigenvalue weighted by molar-refractivity contribution is 5.64. The van der Waals surface area contributed by atoms with Crippen molar-refractivity contribution < 1.29 is 9.47 Å². The molecule has 0 fully saturated rings. The average Bonchev–Trinajstić information content (AvgIpc) is 2.86. The summed E-state index contributed by atoms with van der Waals surface area (Å²) in [5.74, 6) is 2.32. The predicted octanol–water partition coefficient (Wildman–Crippen LogP) is 4.72. The van der Waals surface area contributed by atoms with E-state index < -0.39 is 0 Å². The van der Waals surface area contributed by atoms with Gasteiger partial charge in [-0.25, -0.2) is 15.0 Å². The molecule has 0 aliphatic heterocycles. The first-order valence-corrected chi connectivity index (χ1v) is 11.5. The van der Waals surface area contributed by atoms with Crippen LogP contribution in [0.15, 0.2) is 53.5 Å². The maximum absolute atomic E-state index is 13.4. The molecule has 0 N–H and O–H groups in total. The highest BCUT2D eigenvalue weighted by atomic mass is 16.5. The van der Waals surface area contributed by atoms with Gasteiger partial charge >= 0.3 is 0 Å². The molecule has 3 aromatic heterocycles. The number of hydrogen-bond donors (Lipinski definition) is 0. The minimum Gasteiger partial charge on any atom is -0.481 e. The first-order chi connectivity index (χ1) is 16.8. The first-order valence-electron chi connectivity index (χ1n) is 11.5. The highest BCUT2D eigenvalue weighted by Crippen LogP contribution is 2.25. The Bertz CT molecular complexity index is 1430. The number of aromatic nitrogens is 5. The van der Waals surface area contributed by atoms with Crippen molar-refractivity contribution in [2.75, 3.05) is 7.11 Å². The Labute approximate surface area is 204 Å². The zero-order valence-corrected chi connectivity index (χ0v) is 20.9. The molecule has 3 heterocycles. The van der Waals surface area contributed by atoms with Crippen LogP contribution in [-0.4, -0.2) is 31.6 Å². The molecule has 4 aromatic rings. The van der Waals surface area contributed by atoms with E-state index in [1.807, 2.05) is 43.3 Å². The van der Waals surface area contributed by atoms with Crippen LogP contribution in [0, 0.1) is 20.8 Å². The van der Waals surface area contributed by atoms with Gasteiger partial charge in [-0.15, -0.1) is 0 Å². The fraction of sp³-hybridized carbons (Fsp3) is 0.296. The quantitative estimate of drug-likeness (QED) is 0.385. The fourth-order valence-electron chi connectivity index (χ4n) is 3.73. The van der Waals surface area contributed by atoms with E-state index in [9.17, 15) is 4.79 Å². The van der Waals surface area contributed by atoms with Gasteiger partial charge in [-0.05, 0) is 44.5 Å². The maximum Gasteiger partial charge on any atom is 0.264 e. The van der Waals surface area contributed by atoms with E-state index >= 15 is 0 Å². The van der Waals surface area contributed by atoms with Crippen LogP contribution in [0.4, 0.5) is 0 Å². The van der Waals surface area contributed by atoms with Crippen LogP contribution >= 0.6 is 0 Å². The Morgan fingerprint density at radius 3 is 2.54 bits per heavy atom. The Balaban J connectivity index is 1.70. The van der Waals surface area contributed by atoms with Crippen molar-refractivity contribution in [3.8, 4) is 28.7 Å². The summed E-state index contributed by atoms with van der Waals surface area (Å²) in [4.78, 5) is 31.5. The van der Waals surface area contributed by atoms with E-state index in [0.717, 1.165) is 28.3 Å². The van der Waals surface area contributed by atoms with Crippen molar-refractivity contribution in [1.29, 1.82) is 0 Å². The van der Waals surface area contributed by atoms with Gasteiger partial charge in [0.1, 0.15) is 18.3 Å². The summed E-state index contributed by atoms with van der Waals surface area (Å²) in [6, 6.07) is 13.3. The smallest absolute Gasteiger partial charge is 0.264 e. The standard InChI is InChI=1S/C27H29N5O3/c1-16(2)25-28-13-12-22(31-25)20-11-10-17(3)23(14-20)32-19(5)29-26(18(4)27(32)33)35-15-21-8-7-9-24(30-21)34-6/h7-14,16H,15H2,1-6H3. The summed E-state index contributed by atoms with van der Waals surface area (Å²) in [5, 5.41) is 0. The summed E-state index contributed by atoms with van der Waals surface area (Å²) >= 11 is 0. The van der Waals surface area contributed by atoms with Gasteiger partial charge in [0.25, 0.3) is 5.56 Å². The summed E-state index contributed by atoms with van der Waals surface area (Å²) in [6.45, 7) is 9.78. The second-order valence-electron chi connectivity index (χ2n) is 8.65. The predicted molar refractivity (Wildman–Crippen MR) is 134 cm³/mol. The minimum absolute atomic E-state index is 0.175. The number of hydrogen-bond acceptors (Lipinski definition) is 7.